The molecule has 3 heteroatoms. The molecule has 0 aliphatic heterocycles. The van der Waals surface area contributed by atoms with Crippen LogP contribution in [0, 0.1) is 19.8 Å². The van der Waals surface area contributed by atoms with E-state index in [2.05, 4.69) is 83.6 Å². The van der Waals surface area contributed by atoms with E-state index in [1.807, 2.05) is 24.3 Å². The molecule has 136 valence electrons. The van der Waals surface area contributed by atoms with Crippen LogP contribution in [0.1, 0.15) is 28.7 Å². The number of benzene rings is 3. The summed E-state index contributed by atoms with van der Waals surface area (Å²) >= 11 is 3.43. The highest BCUT2D eigenvalue weighted by Gasteiger charge is 2.60. The Labute approximate surface area is 168 Å². The molecule has 0 spiro atoms. The van der Waals surface area contributed by atoms with Gasteiger partial charge >= 0.3 is 0 Å². The van der Waals surface area contributed by atoms with E-state index in [1.54, 1.807) is 0 Å². The summed E-state index contributed by atoms with van der Waals surface area (Å²) in [6.45, 7) is 4.21. The molecule has 0 radical (unpaired) electrons. The molecule has 3 aromatic carbocycles. The van der Waals surface area contributed by atoms with Crippen molar-refractivity contribution in [3.8, 4) is 0 Å². The summed E-state index contributed by atoms with van der Waals surface area (Å²) in [5.74, 6) is 0.0186. The average molecular weight is 420 g/mol. The Morgan fingerprint density at radius 1 is 0.926 bits per heavy atom. The highest BCUT2D eigenvalue weighted by atomic mass is 79.9. The number of anilines is 1. The quantitative estimate of drug-likeness (QED) is 0.550. The molecular formula is C24H22BrNO. The Balaban J connectivity index is 1.69. The van der Waals surface area contributed by atoms with Crippen molar-refractivity contribution in [1.29, 1.82) is 0 Å². The maximum atomic E-state index is 13.1. The van der Waals surface area contributed by atoms with Crippen LogP contribution in [0.15, 0.2) is 77.3 Å². The van der Waals surface area contributed by atoms with Crippen molar-refractivity contribution in [2.75, 3.05) is 5.32 Å². The van der Waals surface area contributed by atoms with E-state index in [0.29, 0.717) is 0 Å². The fourth-order valence-electron chi connectivity index (χ4n) is 3.99. The lowest BCUT2D eigenvalue weighted by atomic mass is 9.84. The minimum Gasteiger partial charge on any atom is -0.326 e. The first-order chi connectivity index (χ1) is 13.0. The first-order valence-corrected chi connectivity index (χ1v) is 9.99. The zero-order chi connectivity index (χ0) is 19.0. The van der Waals surface area contributed by atoms with Crippen LogP contribution >= 0.6 is 15.9 Å². The van der Waals surface area contributed by atoms with E-state index in [4.69, 9.17) is 0 Å². The monoisotopic (exact) mass is 419 g/mol. The lowest BCUT2D eigenvalue weighted by Gasteiger charge is -2.20. The minimum absolute atomic E-state index is 0.0650. The summed E-state index contributed by atoms with van der Waals surface area (Å²) in [6, 6.07) is 24.9. The van der Waals surface area contributed by atoms with E-state index in [1.165, 1.54) is 22.3 Å². The van der Waals surface area contributed by atoms with Gasteiger partial charge in [-0.2, -0.15) is 0 Å². The van der Waals surface area contributed by atoms with Gasteiger partial charge in [-0.15, -0.1) is 0 Å². The van der Waals surface area contributed by atoms with E-state index in [0.717, 1.165) is 16.6 Å². The summed E-state index contributed by atoms with van der Waals surface area (Å²) in [4.78, 5) is 13.1. The average Bonchev–Trinajstić information content (AvgIpc) is 3.41. The van der Waals surface area contributed by atoms with Gasteiger partial charge in [0, 0.05) is 15.6 Å². The Bertz CT molecular complexity index is 948. The van der Waals surface area contributed by atoms with Gasteiger partial charge in [0.2, 0.25) is 5.91 Å². The Kier molecular flexibility index (Phi) is 4.65. The highest BCUT2D eigenvalue weighted by molar-refractivity contribution is 9.10. The number of amides is 1. The van der Waals surface area contributed by atoms with E-state index in [9.17, 15) is 4.79 Å². The summed E-state index contributed by atoms with van der Waals surface area (Å²) in [7, 11) is 0. The number of carbonyl (C=O) groups is 1. The molecule has 27 heavy (non-hydrogen) atoms. The second kappa shape index (κ2) is 6.97. The van der Waals surface area contributed by atoms with Gasteiger partial charge in [-0.3, -0.25) is 4.79 Å². The highest BCUT2D eigenvalue weighted by Crippen LogP contribution is 2.59. The molecule has 0 heterocycles. The van der Waals surface area contributed by atoms with Gasteiger partial charge in [0.25, 0.3) is 0 Å². The first-order valence-electron chi connectivity index (χ1n) is 9.20. The fraction of sp³-hybridized carbons (Fsp3) is 0.208. The van der Waals surface area contributed by atoms with Crippen molar-refractivity contribution in [2.45, 2.75) is 25.7 Å². The summed E-state index contributed by atoms with van der Waals surface area (Å²) in [6.07, 6.45) is 0.836. The standard InChI is InChI=1S/C24H22BrNO/c1-16-5-3-7-18(13-16)24(19-8-4-6-17(2)14-19)15-22(24)23(27)26-21-11-9-20(25)10-12-21/h3-14,22H,15H2,1-2H3,(H,26,27)/t22-/m0/s1. The van der Waals surface area contributed by atoms with E-state index >= 15 is 0 Å². The molecule has 1 aliphatic carbocycles. The Morgan fingerprint density at radius 2 is 1.48 bits per heavy atom. The normalized spacial score (nSPS) is 17.4. The predicted molar refractivity (Wildman–Crippen MR) is 114 cm³/mol. The summed E-state index contributed by atoms with van der Waals surface area (Å²) in [5, 5.41) is 3.09. The lowest BCUT2D eigenvalue weighted by molar-refractivity contribution is -0.117. The largest absolute Gasteiger partial charge is 0.326 e. The van der Waals surface area contributed by atoms with Crippen molar-refractivity contribution in [2.24, 2.45) is 5.92 Å². The first kappa shape index (κ1) is 18.0. The molecule has 4 rings (SSSR count). The van der Waals surface area contributed by atoms with Gasteiger partial charge in [0.05, 0.1) is 5.92 Å². The van der Waals surface area contributed by atoms with Crippen molar-refractivity contribution in [1.82, 2.24) is 0 Å². The summed E-state index contributed by atoms with van der Waals surface area (Å²) < 4.78 is 1.00. The zero-order valence-electron chi connectivity index (χ0n) is 15.5. The van der Waals surface area contributed by atoms with Gasteiger partial charge < -0.3 is 5.32 Å². The smallest absolute Gasteiger partial charge is 0.228 e. The van der Waals surface area contributed by atoms with Crippen molar-refractivity contribution in [3.05, 3.63) is 99.5 Å². The van der Waals surface area contributed by atoms with Crippen molar-refractivity contribution in [3.63, 3.8) is 0 Å². The molecule has 0 unspecified atom stereocenters. The van der Waals surface area contributed by atoms with Gasteiger partial charge in [0.1, 0.15) is 0 Å². The Morgan fingerprint density at radius 3 is 2.00 bits per heavy atom. The minimum atomic E-state index is -0.239. The number of nitrogens with one attached hydrogen (secondary N) is 1. The number of hydrogen-bond acceptors (Lipinski definition) is 1. The topological polar surface area (TPSA) is 29.1 Å². The van der Waals surface area contributed by atoms with Crippen LogP contribution in [0.2, 0.25) is 0 Å². The molecule has 1 saturated carbocycles. The van der Waals surface area contributed by atoms with Crippen LogP contribution in [0.5, 0.6) is 0 Å². The molecule has 1 fully saturated rings. The second-order valence-electron chi connectivity index (χ2n) is 7.46. The van der Waals surface area contributed by atoms with Crippen LogP contribution in [0.25, 0.3) is 0 Å². The van der Waals surface area contributed by atoms with Crippen LogP contribution in [-0.4, -0.2) is 5.91 Å². The van der Waals surface area contributed by atoms with Gasteiger partial charge in [-0.25, -0.2) is 0 Å². The molecule has 0 bridgehead atoms. The maximum Gasteiger partial charge on any atom is 0.228 e. The molecule has 1 aliphatic rings. The second-order valence-corrected chi connectivity index (χ2v) is 8.38. The number of aryl methyl sites for hydroxylation is 2. The fourth-order valence-corrected chi connectivity index (χ4v) is 4.26. The zero-order valence-corrected chi connectivity index (χ0v) is 17.1. The number of carbonyl (C=O) groups excluding carboxylic acids is 1. The van der Waals surface area contributed by atoms with Crippen LogP contribution in [0.3, 0.4) is 0 Å². The van der Waals surface area contributed by atoms with Crippen molar-refractivity contribution < 1.29 is 4.79 Å². The van der Waals surface area contributed by atoms with Gasteiger partial charge in [-0.05, 0) is 55.7 Å². The number of rotatable bonds is 4. The predicted octanol–water partition coefficient (Wildman–Crippen LogP) is 6.01. The molecule has 3 aromatic rings. The number of hydrogen-bond donors (Lipinski definition) is 1. The van der Waals surface area contributed by atoms with Crippen LogP contribution in [-0.2, 0) is 10.2 Å². The van der Waals surface area contributed by atoms with E-state index < -0.39 is 0 Å². The third kappa shape index (κ3) is 3.44. The van der Waals surface area contributed by atoms with Crippen LogP contribution in [0.4, 0.5) is 5.69 Å². The Hall–Kier alpha value is -2.39. The third-order valence-corrected chi connectivity index (χ3v) is 5.98. The lowest BCUT2D eigenvalue weighted by Crippen LogP contribution is -2.22. The molecule has 1 amide bonds. The molecule has 0 aromatic heterocycles. The molecule has 0 saturated heterocycles. The van der Waals surface area contributed by atoms with Gasteiger partial charge in [-0.1, -0.05) is 75.6 Å². The molecule has 1 atom stereocenters. The van der Waals surface area contributed by atoms with Crippen LogP contribution < -0.4 is 5.32 Å². The van der Waals surface area contributed by atoms with E-state index in [-0.39, 0.29) is 17.2 Å². The third-order valence-electron chi connectivity index (χ3n) is 5.46. The van der Waals surface area contributed by atoms with Gasteiger partial charge in [0.15, 0.2) is 0 Å². The molecular weight excluding hydrogens is 398 g/mol. The summed E-state index contributed by atoms with van der Waals surface area (Å²) in [5.41, 5.74) is 5.49. The molecule has 1 N–H and O–H groups in total. The number of halogens is 1. The maximum absolute atomic E-state index is 13.1. The molecule has 2 nitrogen and oxygen atoms in total. The SMILES string of the molecule is Cc1cccc(C2(c3cccc(C)c3)C[C@H]2C(=O)Nc2ccc(Br)cc2)c1. The van der Waals surface area contributed by atoms with Crippen molar-refractivity contribution >= 4 is 27.5 Å².